The van der Waals surface area contributed by atoms with Crippen LogP contribution >= 0.6 is 0 Å². The zero-order valence-corrected chi connectivity index (χ0v) is 57.6. The molecule has 28 heteroatoms. The van der Waals surface area contributed by atoms with Gasteiger partial charge in [-0.2, -0.15) is 0 Å². The molecule has 0 radical (unpaired) electrons. The molecule has 7 N–H and O–H groups in total. The second-order valence-electron chi connectivity index (χ2n) is 25.4. The zero-order valence-electron chi connectivity index (χ0n) is 57.6. The highest BCUT2D eigenvalue weighted by Crippen LogP contribution is 2.24. The number of Topliss-reactive ketones (excluding diaryl/α,β-unsaturated/α-hetero) is 5. The number of aryl methyl sites for hydroxylation is 8. The number of amides is 6. The number of rotatable bonds is 37. The molecule has 28 nitrogen and oxygen atoms in total. The minimum atomic E-state index is -0.929. The smallest absolute Gasteiger partial charge is 0.303 e. The van der Waals surface area contributed by atoms with Crippen molar-refractivity contribution < 1.29 is 62.6 Å². The third-order valence-electron chi connectivity index (χ3n) is 16.8. The number of ketones is 5. The Balaban J connectivity index is 0.739. The molecule has 524 valence electrons. The molecule has 0 aliphatic carbocycles. The van der Waals surface area contributed by atoms with Crippen LogP contribution in [-0.2, 0) is 101 Å². The van der Waals surface area contributed by atoms with Crippen LogP contribution in [0.25, 0.3) is 0 Å². The third-order valence-corrected chi connectivity index (χ3v) is 16.8. The van der Waals surface area contributed by atoms with Gasteiger partial charge in [0.05, 0.1) is 45.5 Å². The molecule has 0 aliphatic rings. The highest BCUT2D eigenvalue weighted by atomic mass is 16.4. The fraction of sp³-hybridized carbons (Fsp3) is 0.380. The maximum absolute atomic E-state index is 13.7. The van der Waals surface area contributed by atoms with E-state index < -0.39 is 35.5 Å². The Hall–Kier alpha value is -11.2. The normalized spacial score (nSPS) is 11.2. The standard InChI is InChI=1S/C71H87N15O13/c1-78(2)23-14-13-17-61(88)53-26-45(37-79(53)3)29-63(90)55-28-47(39-81(55)5)31-64(91)56-27-46(38-82(56)6)30-62(89)54-25-44(36-80(54)4)24-52(87)16-15-21-73-68(96)57-33-49(41-83(57)7)75-70(98)59-35-51(43-85(59)9)77-71(99)60-34-50(42-86(60)10)76-69(97)58-32-48(40-84(58)8)74-66(93)20-22-72-65(92)18-11-12-19-67(94)95/h25-28,32-43H,11-24,29-31H2,1-10H3,(H,72,92)(H,73,96)(H,74,93)(H,75,98)(H,76,97)(H,77,99)(H,94,95). The first kappa shape index (κ1) is 73.6. The summed E-state index contributed by atoms with van der Waals surface area (Å²) in [6, 6.07) is 12.8. The van der Waals surface area contributed by atoms with Crippen molar-refractivity contribution in [3.63, 3.8) is 0 Å². The molecular weight excluding hydrogens is 1270 g/mol. The summed E-state index contributed by atoms with van der Waals surface area (Å²) in [6.07, 6.45) is 17.0. The van der Waals surface area contributed by atoms with Crippen LogP contribution < -0.4 is 31.9 Å². The van der Waals surface area contributed by atoms with Crippen molar-refractivity contribution in [1.82, 2.24) is 52.1 Å². The number of nitrogens with zero attached hydrogens (tertiary/aromatic N) is 9. The first-order valence-electron chi connectivity index (χ1n) is 32.5. The molecule has 0 atom stereocenters. The highest BCUT2D eigenvalue weighted by molar-refractivity contribution is 6.09. The van der Waals surface area contributed by atoms with Crippen LogP contribution in [0.1, 0.15) is 170 Å². The Morgan fingerprint density at radius 2 is 0.687 bits per heavy atom. The molecule has 6 amide bonds. The zero-order chi connectivity index (χ0) is 71.9. The number of hydrogen-bond donors (Lipinski definition) is 7. The number of aromatic nitrogens is 8. The largest absolute Gasteiger partial charge is 0.481 e. The van der Waals surface area contributed by atoms with Crippen molar-refractivity contribution in [1.29, 1.82) is 0 Å². The Morgan fingerprint density at radius 1 is 0.333 bits per heavy atom. The topological polar surface area (TPSA) is 340 Å². The molecule has 99 heavy (non-hydrogen) atoms. The van der Waals surface area contributed by atoms with Crippen molar-refractivity contribution >= 4 is 93.1 Å². The average molecular weight is 1360 g/mol. The van der Waals surface area contributed by atoms with Crippen LogP contribution in [0, 0.1) is 0 Å². The average Bonchev–Trinajstić information content (AvgIpc) is 1.69. The van der Waals surface area contributed by atoms with Gasteiger partial charge in [-0.3, -0.25) is 57.5 Å². The van der Waals surface area contributed by atoms with Crippen molar-refractivity contribution in [3.05, 3.63) is 166 Å². The molecule has 0 bridgehead atoms. The van der Waals surface area contributed by atoms with E-state index in [4.69, 9.17) is 5.11 Å². The SMILES string of the molecule is CN(C)CCCCC(=O)c1cc(CC(=O)c2cc(CC(=O)c3cc(CC(=O)c4cc(CC(=O)CCCNC(=O)c5cc(NC(=O)c6cc(NC(=O)c7cc(NC(=O)c8cc(NC(=O)CCNC(=O)CCCCC(=O)O)cn8C)cn7C)cn6C)cn5C)cn4C)cn3C)cn2C)cn1C. The van der Waals surface area contributed by atoms with Gasteiger partial charge in [0.1, 0.15) is 28.6 Å². The molecule has 0 spiro atoms. The van der Waals surface area contributed by atoms with Gasteiger partial charge in [-0.05, 0) is 124 Å². The summed E-state index contributed by atoms with van der Waals surface area (Å²) in [5.41, 5.74) is 6.61. The maximum atomic E-state index is 13.7. The minimum Gasteiger partial charge on any atom is -0.481 e. The number of carbonyl (C=O) groups excluding carboxylic acids is 11. The van der Waals surface area contributed by atoms with Crippen LogP contribution in [0.3, 0.4) is 0 Å². The molecule has 0 saturated carbocycles. The van der Waals surface area contributed by atoms with Gasteiger partial charge in [-0.15, -0.1) is 0 Å². The molecule has 0 fully saturated rings. The van der Waals surface area contributed by atoms with Crippen LogP contribution in [-0.4, -0.2) is 151 Å². The summed E-state index contributed by atoms with van der Waals surface area (Å²) >= 11 is 0. The van der Waals surface area contributed by atoms with Crippen molar-refractivity contribution in [2.45, 2.75) is 89.9 Å². The second kappa shape index (κ2) is 33.2. The lowest BCUT2D eigenvalue weighted by atomic mass is 10.1. The lowest BCUT2D eigenvalue weighted by Gasteiger charge is -2.08. The first-order valence-corrected chi connectivity index (χ1v) is 32.5. The highest BCUT2D eigenvalue weighted by Gasteiger charge is 2.24. The van der Waals surface area contributed by atoms with Gasteiger partial charge < -0.3 is 78.4 Å². The number of carboxylic acid groups (broad SMARTS) is 1. The van der Waals surface area contributed by atoms with E-state index in [9.17, 15) is 57.5 Å². The van der Waals surface area contributed by atoms with E-state index in [-0.39, 0.29) is 122 Å². The van der Waals surface area contributed by atoms with Crippen LogP contribution in [0.4, 0.5) is 22.7 Å². The Kier molecular flexibility index (Phi) is 24.7. The summed E-state index contributed by atoms with van der Waals surface area (Å²) in [5, 5.41) is 25.2. The van der Waals surface area contributed by atoms with Gasteiger partial charge >= 0.3 is 5.97 Å². The van der Waals surface area contributed by atoms with Crippen molar-refractivity contribution in [3.8, 4) is 0 Å². The Morgan fingerprint density at radius 3 is 1.09 bits per heavy atom. The fourth-order valence-corrected chi connectivity index (χ4v) is 11.8. The maximum Gasteiger partial charge on any atom is 0.303 e. The molecule has 8 aromatic heterocycles. The van der Waals surface area contributed by atoms with Crippen LogP contribution in [0.15, 0.2) is 98.1 Å². The number of hydrogen-bond acceptors (Lipinski definition) is 13. The molecule has 8 rings (SSSR count). The molecule has 8 heterocycles. The van der Waals surface area contributed by atoms with E-state index in [1.807, 2.05) is 20.3 Å². The van der Waals surface area contributed by atoms with Gasteiger partial charge in [-0.1, -0.05) is 0 Å². The Labute approximate surface area is 572 Å². The lowest BCUT2D eigenvalue weighted by Crippen LogP contribution is -2.27. The van der Waals surface area contributed by atoms with E-state index in [0.717, 1.165) is 24.9 Å². The van der Waals surface area contributed by atoms with Gasteiger partial charge in [-0.25, -0.2) is 0 Å². The lowest BCUT2D eigenvalue weighted by molar-refractivity contribution is -0.137. The summed E-state index contributed by atoms with van der Waals surface area (Å²) in [5.74, 6) is -4.20. The van der Waals surface area contributed by atoms with E-state index in [2.05, 4.69) is 36.8 Å². The second-order valence-corrected chi connectivity index (χ2v) is 25.4. The summed E-state index contributed by atoms with van der Waals surface area (Å²) in [4.78, 5) is 158. The monoisotopic (exact) mass is 1360 g/mol. The van der Waals surface area contributed by atoms with Crippen molar-refractivity contribution in [2.75, 3.05) is 55.0 Å². The predicted octanol–water partition coefficient (Wildman–Crippen LogP) is 6.75. The number of carbonyl (C=O) groups is 12. The number of aliphatic carboxylic acids is 1. The third kappa shape index (κ3) is 20.2. The minimum absolute atomic E-state index is 0.0123. The van der Waals surface area contributed by atoms with Gasteiger partial charge in [0.2, 0.25) is 11.8 Å². The molecule has 0 aliphatic heterocycles. The fourth-order valence-electron chi connectivity index (χ4n) is 11.8. The number of nitrogens with one attached hydrogen (secondary N) is 6. The summed E-state index contributed by atoms with van der Waals surface area (Å²) in [6.45, 7) is 1.17. The summed E-state index contributed by atoms with van der Waals surface area (Å²) < 4.78 is 12.9. The predicted molar refractivity (Wildman–Crippen MR) is 371 cm³/mol. The molecule has 0 aromatic carbocycles. The first-order chi connectivity index (χ1) is 47.0. The molecule has 0 saturated heterocycles. The number of anilines is 4. The van der Waals surface area contributed by atoms with Crippen LogP contribution in [0.5, 0.6) is 0 Å². The molecular formula is C71H87N15O13. The van der Waals surface area contributed by atoms with E-state index in [0.29, 0.717) is 87.9 Å². The van der Waals surface area contributed by atoms with Crippen molar-refractivity contribution in [2.24, 2.45) is 56.4 Å². The molecule has 8 aromatic rings. The van der Waals surface area contributed by atoms with Crippen LogP contribution in [0.2, 0.25) is 0 Å². The quantitative estimate of drug-likeness (QED) is 0.0156. The molecule has 0 unspecified atom stereocenters. The van der Waals surface area contributed by atoms with Gasteiger partial charge in [0, 0.05) is 177 Å². The summed E-state index contributed by atoms with van der Waals surface area (Å²) in [7, 11) is 17.5. The number of unbranched alkanes of at least 4 members (excludes halogenated alkanes) is 2. The van der Waals surface area contributed by atoms with E-state index >= 15 is 0 Å². The van der Waals surface area contributed by atoms with E-state index in [1.165, 1.54) is 38.0 Å². The Bertz CT molecular complexity index is 4390. The van der Waals surface area contributed by atoms with E-state index in [1.54, 1.807) is 147 Å². The van der Waals surface area contributed by atoms with Gasteiger partial charge in [0.25, 0.3) is 23.6 Å². The number of carboxylic acids is 1. The van der Waals surface area contributed by atoms with Gasteiger partial charge in [0.15, 0.2) is 23.1 Å².